The summed E-state index contributed by atoms with van der Waals surface area (Å²) in [4.78, 5) is 30.0. The maximum Gasteiger partial charge on any atom is 0.277 e. The van der Waals surface area contributed by atoms with Gasteiger partial charge >= 0.3 is 0 Å². The Labute approximate surface area is 126 Å². The molecule has 1 amide bonds. The summed E-state index contributed by atoms with van der Waals surface area (Å²) in [5.74, 6) is -0.263. The topological polar surface area (TPSA) is 55.2 Å². The molecule has 0 N–H and O–H groups in total. The third kappa shape index (κ3) is 2.34. The zero-order valence-corrected chi connectivity index (χ0v) is 12.5. The van der Waals surface area contributed by atoms with Crippen LogP contribution < -0.4 is 10.5 Å². The lowest BCUT2D eigenvalue weighted by Gasteiger charge is -2.22. The second kappa shape index (κ2) is 5.00. The first-order valence-electron chi connectivity index (χ1n) is 6.62. The van der Waals surface area contributed by atoms with E-state index in [4.69, 9.17) is 11.6 Å². The van der Waals surface area contributed by atoms with Crippen molar-refractivity contribution in [1.29, 1.82) is 0 Å². The number of aryl methyl sites for hydroxylation is 1. The van der Waals surface area contributed by atoms with Crippen LogP contribution in [0.25, 0.3) is 0 Å². The lowest BCUT2D eigenvalue weighted by atomic mass is 10.1. The predicted molar refractivity (Wildman–Crippen MR) is 80.9 cm³/mol. The molecule has 0 spiro atoms. The number of halogens is 1. The number of anilines is 1. The molecule has 0 saturated heterocycles. The molecule has 1 aromatic heterocycles. The van der Waals surface area contributed by atoms with E-state index in [-0.39, 0.29) is 23.2 Å². The van der Waals surface area contributed by atoms with E-state index in [2.05, 4.69) is 4.98 Å². The Morgan fingerprint density at radius 3 is 2.86 bits per heavy atom. The van der Waals surface area contributed by atoms with E-state index in [0.717, 1.165) is 17.7 Å². The molecule has 0 bridgehead atoms. The molecule has 3 rings (SSSR count). The molecular weight excluding hydrogens is 290 g/mol. The fourth-order valence-corrected chi connectivity index (χ4v) is 2.81. The maximum atomic E-state index is 12.7. The summed E-state index contributed by atoms with van der Waals surface area (Å²) in [6, 6.07) is 6.74. The molecule has 1 aromatic carbocycles. The molecule has 6 heteroatoms. The fraction of sp³-hybridized carbons (Fsp3) is 0.267. The highest BCUT2D eigenvalue weighted by atomic mass is 35.5. The van der Waals surface area contributed by atoms with E-state index in [0.29, 0.717) is 5.02 Å². The average Bonchev–Trinajstić information content (AvgIpc) is 2.76. The number of carbonyl (C=O) groups is 1. The van der Waals surface area contributed by atoms with Gasteiger partial charge in [0.1, 0.15) is 5.69 Å². The number of rotatable bonds is 1. The number of hydrogen-bond donors (Lipinski definition) is 0. The first-order valence-corrected chi connectivity index (χ1v) is 7.00. The second-order valence-electron chi connectivity index (χ2n) is 5.22. The summed E-state index contributed by atoms with van der Waals surface area (Å²) in [5, 5.41) is 0.655. The number of benzene rings is 1. The largest absolute Gasteiger partial charge is 0.304 e. The normalized spacial score (nSPS) is 16.9. The number of hydrogen-bond acceptors (Lipinski definition) is 3. The van der Waals surface area contributed by atoms with Crippen LogP contribution in [0, 0.1) is 0 Å². The molecule has 2 heterocycles. The van der Waals surface area contributed by atoms with Crippen molar-refractivity contribution < 1.29 is 4.79 Å². The molecule has 1 aliphatic heterocycles. The van der Waals surface area contributed by atoms with Crippen molar-refractivity contribution >= 4 is 23.2 Å². The van der Waals surface area contributed by atoms with E-state index in [1.807, 2.05) is 19.1 Å². The van der Waals surface area contributed by atoms with E-state index in [1.165, 1.54) is 17.0 Å². The summed E-state index contributed by atoms with van der Waals surface area (Å²) in [6.45, 7) is 1.97. The lowest BCUT2D eigenvalue weighted by Crippen LogP contribution is -2.37. The molecule has 0 radical (unpaired) electrons. The third-order valence-corrected chi connectivity index (χ3v) is 3.91. The Morgan fingerprint density at radius 1 is 1.38 bits per heavy atom. The summed E-state index contributed by atoms with van der Waals surface area (Å²) < 4.78 is 1.33. The summed E-state index contributed by atoms with van der Waals surface area (Å²) in [7, 11) is 1.60. The number of fused-ring (bicyclic) bond motifs is 1. The SMILES string of the molecule is CC1Cc2cc(Cl)ccc2N1C(=O)c1cc(=O)n(C)cn1. The quantitative estimate of drug-likeness (QED) is 0.810. The molecular formula is C15H14ClN3O2. The van der Waals surface area contributed by atoms with Gasteiger partial charge in [-0.05, 0) is 37.1 Å². The van der Waals surface area contributed by atoms with Crippen LogP contribution >= 0.6 is 11.6 Å². The summed E-state index contributed by atoms with van der Waals surface area (Å²) >= 11 is 5.99. The van der Waals surface area contributed by atoms with Crippen LogP contribution in [0.15, 0.2) is 35.4 Å². The minimum Gasteiger partial charge on any atom is -0.304 e. The Bertz CT molecular complexity index is 785. The number of carbonyl (C=O) groups excluding carboxylic acids is 1. The molecule has 1 aliphatic rings. The zero-order valence-electron chi connectivity index (χ0n) is 11.7. The smallest absolute Gasteiger partial charge is 0.277 e. The molecule has 21 heavy (non-hydrogen) atoms. The molecule has 2 aromatic rings. The second-order valence-corrected chi connectivity index (χ2v) is 5.66. The van der Waals surface area contributed by atoms with E-state index >= 15 is 0 Å². The van der Waals surface area contributed by atoms with Crippen molar-refractivity contribution in [3.63, 3.8) is 0 Å². The minimum absolute atomic E-state index is 0.0109. The summed E-state index contributed by atoms with van der Waals surface area (Å²) in [6.07, 6.45) is 2.10. The zero-order chi connectivity index (χ0) is 15.1. The van der Waals surface area contributed by atoms with Crippen LogP contribution in [0.1, 0.15) is 23.0 Å². The van der Waals surface area contributed by atoms with Crippen LogP contribution in [-0.4, -0.2) is 21.5 Å². The van der Waals surface area contributed by atoms with Gasteiger partial charge < -0.3 is 9.47 Å². The Morgan fingerprint density at radius 2 is 2.14 bits per heavy atom. The molecule has 5 nitrogen and oxygen atoms in total. The van der Waals surface area contributed by atoms with Gasteiger partial charge in [-0.3, -0.25) is 9.59 Å². The maximum absolute atomic E-state index is 12.7. The van der Waals surface area contributed by atoms with Gasteiger partial charge in [0.15, 0.2) is 0 Å². The van der Waals surface area contributed by atoms with Gasteiger partial charge in [-0.1, -0.05) is 11.6 Å². The monoisotopic (exact) mass is 303 g/mol. The van der Waals surface area contributed by atoms with Gasteiger partial charge in [-0.15, -0.1) is 0 Å². The third-order valence-electron chi connectivity index (χ3n) is 3.67. The Hall–Kier alpha value is -2.14. The van der Waals surface area contributed by atoms with Crippen LogP contribution in [0.4, 0.5) is 5.69 Å². The van der Waals surface area contributed by atoms with Crippen molar-refractivity contribution in [3.8, 4) is 0 Å². The number of amides is 1. The molecule has 0 fully saturated rings. The van der Waals surface area contributed by atoms with Crippen molar-refractivity contribution in [2.24, 2.45) is 7.05 Å². The fourth-order valence-electron chi connectivity index (χ4n) is 2.61. The highest BCUT2D eigenvalue weighted by Crippen LogP contribution is 2.34. The van der Waals surface area contributed by atoms with E-state index in [1.54, 1.807) is 18.0 Å². The minimum atomic E-state index is -0.263. The molecule has 0 saturated carbocycles. The van der Waals surface area contributed by atoms with Gasteiger partial charge in [-0.25, -0.2) is 4.98 Å². The standard InChI is InChI=1S/C15H14ClN3O2/c1-9-5-10-6-11(16)3-4-13(10)19(9)15(21)12-7-14(20)18(2)8-17-12/h3-4,6-9H,5H2,1-2H3. The van der Waals surface area contributed by atoms with E-state index < -0.39 is 0 Å². The number of nitrogens with zero attached hydrogens (tertiary/aromatic N) is 3. The van der Waals surface area contributed by atoms with Crippen molar-refractivity contribution in [1.82, 2.24) is 9.55 Å². The summed E-state index contributed by atoms with van der Waals surface area (Å²) in [5.41, 5.74) is 1.77. The van der Waals surface area contributed by atoms with Gasteiger partial charge in [-0.2, -0.15) is 0 Å². The van der Waals surface area contributed by atoms with Crippen molar-refractivity contribution in [3.05, 3.63) is 57.2 Å². The first-order chi connectivity index (χ1) is 9.97. The van der Waals surface area contributed by atoms with E-state index in [9.17, 15) is 9.59 Å². The van der Waals surface area contributed by atoms with Gasteiger partial charge in [0.05, 0.1) is 6.33 Å². The highest BCUT2D eigenvalue weighted by molar-refractivity contribution is 6.30. The Balaban J connectivity index is 2.02. The van der Waals surface area contributed by atoms with Crippen molar-refractivity contribution in [2.45, 2.75) is 19.4 Å². The average molecular weight is 304 g/mol. The molecule has 0 aliphatic carbocycles. The van der Waals surface area contributed by atoms with Crippen molar-refractivity contribution in [2.75, 3.05) is 4.90 Å². The van der Waals surface area contributed by atoms with Crippen LogP contribution in [0.2, 0.25) is 5.02 Å². The van der Waals surface area contributed by atoms with Gasteiger partial charge in [0.2, 0.25) is 0 Å². The van der Waals surface area contributed by atoms with Gasteiger partial charge in [0.25, 0.3) is 11.5 Å². The molecule has 1 atom stereocenters. The van der Waals surface area contributed by atoms with Crippen LogP contribution in [0.5, 0.6) is 0 Å². The lowest BCUT2D eigenvalue weighted by molar-refractivity contribution is 0.0976. The first kappa shape index (κ1) is 13.8. The Kier molecular flexibility index (Phi) is 3.29. The number of aromatic nitrogens is 2. The van der Waals surface area contributed by atoms with Crippen LogP contribution in [-0.2, 0) is 13.5 Å². The van der Waals surface area contributed by atoms with Crippen LogP contribution in [0.3, 0.4) is 0 Å². The molecule has 1 unspecified atom stereocenters. The van der Waals surface area contributed by atoms with Gasteiger partial charge in [0, 0.05) is 29.9 Å². The highest BCUT2D eigenvalue weighted by Gasteiger charge is 2.32. The molecule has 108 valence electrons. The predicted octanol–water partition coefficient (Wildman–Crippen LogP) is 2.03.